The average Bonchev–Trinajstić information content (AvgIpc) is 3.05. The van der Waals surface area contributed by atoms with Crippen LogP contribution in [0.4, 0.5) is 0 Å². The fraction of sp³-hybridized carbons (Fsp3) is 1.00. The van der Waals surface area contributed by atoms with Crippen LogP contribution in [0.2, 0.25) is 0 Å². The van der Waals surface area contributed by atoms with Crippen LogP contribution in [0.15, 0.2) is 0 Å². The molecule has 5 heteroatoms. The van der Waals surface area contributed by atoms with Gasteiger partial charge in [0.05, 0.1) is 18.2 Å². The van der Waals surface area contributed by atoms with E-state index in [2.05, 4.69) is 26.1 Å². The minimum Gasteiger partial charge on any atom is -0.396 e. The predicted octanol–water partition coefficient (Wildman–Crippen LogP) is 3.31. The maximum absolute atomic E-state index is 11.6. The average molecular weight is 448 g/mol. The zero-order chi connectivity index (χ0) is 22.5. The van der Waals surface area contributed by atoms with Crippen LogP contribution in [0.3, 0.4) is 0 Å². The summed E-state index contributed by atoms with van der Waals surface area (Å²) in [6.45, 7) is 8.33. The molecule has 0 amide bonds. The second kappa shape index (κ2) is 7.40. The Morgan fingerprint density at radius 3 is 2.56 bits per heavy atom. The van der Waals surface area contributed by atoms with Crippen molar-refractivity contribution in [1.29, 1.82) is 0 Å². The lowest BCUT2D eigenvalue weighted by molar-refractivity contribution is -0.312. The summed E-state index contributed by atoms with van der Waals surface area (Å²) in [6.07, 6.45) is 10.1. The highest BCUT2D eigenvalue weighted by Gasteiger charge is 2.67. The summed E-state index contributed by atoms with van der Waals surface area (Å²) in [5, 5.41) is 35.2. The Morgan fingerprint density at radius 1 is 1.00 bits per heavy atom. The normalized spacial score (nSPS) is 61.7. The van der Waals surface area contributed by atoms with Crippen molar-refractivity contribution in [2.24, 2.45) is 52.3 Å². The molecular formula is C27H45NO4. The molecule has 0 bridgehead atoms. The third-order valence-electron chi connectivity index (χ3n) is 12.1. The zero-order valence-electron chi connectivity index (χ0n) is 20.3. The Balaban J connectivity index is 1.29. The van der Waals surface area contributed by atoms with Crippen molar-refractivity contribution in [3.05, 3.63) is 0 Å². The molecule has 0 spiro atoms. The monoisotopic (exact) mass is 447 g/mol. The molecule has 5 nitrogen and oxygen atoms in total. The number of rotatable bonds is 1. The third-order valence-corrected chi connectivity index (χ3v) is 12.1. The topological polar surface area (TPSA) is 82.0 Å². The predicted molar refractivity (Wildman–Crippen MR) is 123 cm³/mol. The van der Waals surface area contributed by atoms with Crippen molar-refractivity contribution in [3.8, 4) is 0 Å². The first kappa shape index (κ1) is 22.3. The Bertz CT molecular complexity index is 747. The van der Waals surface area contributed by atoms with Gasteiger partial charge >= 0.3 is 0 Å². The van der Waals surface area contributed by atoms with Crippen LogP contribution in [-0.4, -0.2) is 52.5 Å². The second-order valence-electron chi connectivity index (χ2n) is 13.4. The molecule has 6 aliphatic rings. The van der Waals surface area contributed by atoms with Crippen LogP contribution in [0, 0.1) is 52.3 Å². The molecular weight excluding hydrogens is 402 g/mol. The molecule has 4 saturated carbocycles. The molecule has 2 heterocycles. The van der Waals surface area contributed by atoms with Gasteiger partial charge in [-0.15, -0.1) is 0 Å². The van der Waals surface area contributed by atoms with Crippen LogP contribution in [0.5, 0.6) is 0 Å². The number of ether oxygens (including phenoxy) is 1. The molecule has 0 aromatic heterocycles. The molecule has 32 heavy (non-hydrogen) atoms. The standard InChI is InChI=1S/C27H45NO4/c1-15-23-22(32-27(31)12-16(14-29)13-28-24(15)27)11-21-19-5-4-17-10-18(30)6-8-25(17,2)20(19)7-9-26(21,23)3/h15-24,28-31H,4-14H2,1-3H3/t15-,16-,17-,18-,19-,20+,21+,22+,23-,24-,25-,26-,27+/m0/s1. The lowest BCUT2D eigenvalue weighted by Gasteiger charge is -2.62. The molecule has 2 saturated heterocycles. The molecule has 6 rings (SSSR count). The quantitative estimate of drug-likeness (QED) is 0.496. The Labute approximate surface area is 193 Å². The van der Waals surface area contributed by atoms with Gasteiger partial charge in [-0.2, -0.15) is 0 Å². The summed E-state index contributed by atoms with van der Waals surface area (Å²) in [5.41, 5.74) is 0.686. The number of hydrogen-bond donors (Lipinski definition) is 4. The van der Waals surface area contributed by atoms with E-state index in [0.717, 1.165) is 37.6 Å². The lowest BCUT2D eigenvalue weighted by Crippen LogP contribution is -2.68. The van der Waals surface area contributed by atoms with Crippen LogP contribution in [0.25, 0.3) is 0 Å². The van der Waals surface area contributed by atoms with Gasteiger partial charge in [0.1, 0.15) is 0 Å². The molecule has 2 aliphatic heterocycles. The highest BCUT2D eigenvalue weighted by molar-refractivity contribution is 5.15. The number of aliphatic hydroxyl groups is 3. The van der Waals surface area contributed by atoms with E-state index >= 15 is 0 Å². The van der Waals surface area contributed by atoms with Gasteiger partial charge in [-0.1, -0.05) is 20.8 Å². The largest absolute Gasteiger partial charge is 0.396 e. The first-order valence-corrected chi connectivity index (χ1v) is 13.6. The lowest BCUT2D eigenvalue weighted by atomic mass is 9.44. The molecule has 182 valence electrons. The molecule has 4 aliphatic carbocycles. The number of fused-ring (bicyclic) bond motifs is 8. The van der Waals surface area contributed by atoms with Gasteiger partial charge < -0.3 is 25.4 Å². The van der Waals surface area contributed by atoms with Crippen molar-refractivity contribution in [3.63, 3.8) is 0 Å². The summed E-state index contributed by atoms with van der Waals surface area (Å²) < 4.78 is 6.64. The fourth-order valence-corrected chi connectivity index (χ4v) is 10.7. The second-order valence-corrected chi connectivity index (χ2v) is 13.4. The number of hydrogen-bond acceptors (Lipinski definition) is 5. The SMILES string of the molecule is C[C@H]1[C@H]2[C@@H](C[C@@H]3[C@H]4CC[C@H]5C[C@@H](O)CC[C@]5(C)[C@@H]4CC[C@]23C)O[C@]2(O)C[C@H](CO)CN[C@@H]12. The Morgan fingerprint density at radius 2 is 1.78 bits per heavy atom. The van der Waals surface area contributed by atoms with Crippen LogP contribution in [0.1, 0.15) is 78.6 Å². The van der Waals surface area contributed by atoms with Crippen molar-refractivity contribution >= 4 is 0 Å². The van der Waals surface area contributed by atoms with Gasteiger partial charge in [-0.3, -0.25) is 0 Å². The van der Waals surface area contributed by atoms with Gasteiger partial charge in [0.2, 0.25) is 0 Å². The van der Waals surface area contributed by atoms with Crippen LogP contribution < -0.4 is 5.32 Å². The molecule has 6 fully saturated rings. The van der Waals surface area contributed by atoms with E-state index in [4.69, 9.17) is 4.74 Å². The summed E-state index contributed by atoms with van der Waals surface area (Å²) in [4.78, 5) is 0. The zero-order valence-corrected chi connectivity index (χ0v) is 20.3. The molecule has 0 aromatic rings. The van der Waals surface area contributed by atoms with Crippen molar-refractivity contribution in [2.75, 3.05) is 13.2 Å². The number of piperidine rings is 1. The smallest absolute Gasteiger partial charge is 0.182 e. The summed E-state index contributed by atoms with van der Waals surface area (Å²) in [6, 6.07) is -0.0343. The van der Waals surface area contributed by atoms with E-state index in [-0.39, 0.29) is 30.8 Å². The summed E-state index contributed by atoms with van der Waals surface area (Å²) in [7, 11) is 0. The van der Waals surface area contributed by atoms with Crippen molar-refractivity contribution in [1.82, 2.24) is 5.32 Å². The first-order valence-electron chi connectivity index (χ1n) is 13.6. The van der Waals surface area contributed by atoms with Crippen molar-refractivity contribution < 1.29 is 20.1 Å². The molecule has 13 atom stereocenters. The van der Waals surface area contributed by atoms with Crippen LogP contribution >= 0.6 is 0 Å². The Kier molecular flexibility index (Phi) is 5.15. The van der Waals surface area contributed by atoms with Gasteiger partial charge in [-0.25, -0.2) is 0 Å². The maximum atomic E-state index is 11.6. The van der Waals surface area contributed by atoms with E-state index in [1.54, 1.807) is 0 Å². The maximum Gasteiger partial charge on any atom is 0.182 e. The third kappa shape index (κ3) is 2.93. The number of nitrogens with one attached hydrogen (secondary N) is 1. The minimum absolute atomic E-state index is 0.0343. The van der Waals surface area contributed by atoms with Gasteiger partial charge in [0.25, 0.3) is 0 Å². The van der Waals surface area contributed by atoms with E-state index in [1.807, 2.05) is 0 Å². The first-order chi connectivity index (χ1) is 15.2. The molecule has 0 radical (unpaired) electrons. The summed E-state index contributed by atoms with van der Waals surface area (Å²) in [5.74, 6) is 2.72. The van der Waals surface area contributed by atoms with Gasteiger partial charge in [-0.05, 0) is 104 Å². The summed E-state index contributed by atoms with van der Waals surface area (Å²) >= 11 is 0. The Hall–Kier alpha value is -0.200. The van der Waals surface area contributed by atoms with Gasteiger partial charge in [0, 0.05) is 19.6 Å². The molecule has 0 aromatic carbocycles. The molecule has 0 unspecified atom stereocenters. The van der Waals surface area contributed by atoms with E-state index in [1.165, 1.54) is 32.1 Å². The number of aliphatic hydroxyl groups excluding tert-OH is 2. The highest BCUT2D eigenvalue weighted by Crippen LogP contribution is 2.70. The van der Waals surface area contributed by atoms with E-state index < -0.39 is 5.79 Å². The molecule has 4 N–H and O–H groups in total. The van der Waals surface area contributed by atoms with E-state index in [9.17, 15) is 15.3 Å². The van der Waals surface area contributed by atoms with Crippen LogP contribution in [-0.2, 0) is 4.74 Å². The highest BCUT2D eigenvalue weighted by atomic mass is 16.6. The van der Waals surface area contributed by atoms with E-state index in [0.29, 0.717) is 40.9 Å². The fourth-order valence-electron chi connectivity index (χ4n) is 10.7. The van der Waals surface area contributed by atoms with Crippen molar-refractivity contribution in [2.45, 2.75) is 103 Å². The minimum atomic E-state index is -1.14. The van der Waals surface area contributed by atoms with Gasteiger partial charge in [0.15, 0.2) is 5.79 Å².